The van der Waals surface area contributed by atoms with Gasteiger partial charge in [0, 0.05) is 40.0 Å². The van der Waals surface area contributed by atoms with Crippen LogP contribution in [-0.2, 0) is 27.9 Å². The highest BCUT2D eigenvalue weighted by atomic mass is 35.5. The number of hydrogen-bond donors (Lipinski definition) is 0. The summed E-state index contributed by atoms with van der Waals surface area (Å²) < 4.78 is 8.08. The van der Waals surface area contributed by atoms with E-state index in [2.05, 4.69) is 20.8 Å². The number of aromatic nitrogens is 3. The van der Waals surface area contributed by atoms with Crippen LogP contribution in [-0.4, -0.2) is 56.6 Å². The minimum absolute atomic E-state index is 0.0545. The van der Waals surface area contributed by atoms with Crippen molar-refractivity contribution in [2.24, 2.45) is 10.9 Å². The first-order valence-electron chi connectivity index (χ1n) is 12.7. The summed E-state index contributed by atoms with van der Waals surface area (Å²) in [6.45, 7) is 7.41. The van der Waals surface area contributed by atoms with Crippen molar-refractivity contribution >= 4 is 34.6 Å². The molecule has 2 fully saturated rings. The molecule has 2 aromatic heterocycles. The Balaban J connectivity index is 1.34. The van der Waals surface area contributed by atoms with E-state index in [-0.39, 0.29) is 29.6 Å². The Morgan fingerprint density at radius 3 is 2.61 bits per heavy atom. The molecule has 7 rings (SSSR count). The third kappa shape index (κ3) is 3.34. The molecule has 1 amide bonds. The van der Waals surface area contributed by atoms with E-state index in [0.29, 0.717) is 24.5 Å². The van der Waals surface area contributed by atoms with Crippen LogP contribution < -0.4 is 0 Å². The van der Waals surface area contributed by atoms with E-state index >= 15 is 0 Å². The number of morpholine rings is 1. The van der Waals surface area contributed by atoms with Crippen molar-refractivity contribution < 1.29 is 9.53 Å². The van der Waals surface area contributed by atoms with Crippen LogP contribution in [0.3, 0.4) is 0 Å². The molecule has 186 valence electrons. The van der Waals surface area contributed by atoms with E-state index in [9.17, 15) is 4.79 Å². The Labute approximate surface area is 219 Å². The second kappa shape index (κ2) is 7.97. The molecule has 1 saturated carbocycles. The zero-order valence-electron chi connectivity index (χ0n) is 20.6. The minimum atomic E-state index is -0.352. The lowest BCUT2D eigenvalue weighted by Gasteiger charge is -2.36. The van der Waals surface area contributed by atoms with Gasteiger partial charge in [0.25, 0.3) is 0 Å². The van der Waals surface area contributed by atoms with Gasteiger partial charge in [-0.25, -0.2) is 0 Å². The zero-order chi connectivity index (χ0) is 24.8. The van der Waals surface area contributed by atoms with Gasteiger partial charge in [0.1, 0.15) is 16.4 Å². The lowest BCUT2D eigenvalue weighted by molar-refractivity contribution is -0.147. The topological polar surface area (TPSA) is 72.6 Å². The molecular formula is C27H28ClN5O2S. The largest absolute Gasteiger partial charge is 0.372 e. The molecule has 2 aliphatic carbocycles. The van der Waals surface area contributed by atoms with Gasteiger partial charge in [-0.3, -0.25) is 14.4 Å². The van der Waals surface area contributed by atoms with Crippen LogP contribution >= 0.6 is 22.9 Å². The summed E-state index contributed by atoms with van der Waals surface area (Å²) in [4.78, 5) is 22.3. The Kier molecular flexibility index (Phi) is 5.01. The number of amides is 1. The molecule has 36 heavy (non-hydrogen) atoms. The number of fused-ring (bicyclic) bond motifs is 6. The second-order valence-corrected chi connectivity index (χ2v) is 12.2. The molecule has 3 aromatic rings. The molecule has 0 unspecified atom stereocenters. The SMILES string of the molecule is Cc1nnc2n1-c1sc3c(c1C(c1ccccc1Cl)=NC21CC1)C[C@H](C(=O)N1C[C@H](C)O[C@@H](C)C1)C3. The fraction of sp³-hybridized carbons (Fsp3) is 0.481. The number of carbonyl (C=O) groups is 1. The number of aryl methyl sites for hydroxylation is 1. The Morgan fingerprint density at radius 1 is 1.14 bits per heavy atom. The molecule has 7 nitrogen and oxygen atoms in total. The summed E-state index contributed by atoms with van der Waals surface area (Å²) in [6.07, 6.45) is 3.49. The van der Waals surface area contributed by atoms with Crippen molar-refractivity contribution in [3.05, 3.63) is 62.5 Å². The summed E-state index contributed by atoms with van der Waals surface area (Å²) in [5.41, 5.74) is 3.86. The highest BCUT2D eigenvalue weighted by Gasteiger charge is 2.52. The van der Waals surface area contributed by atoms with Gasteiger partial charge in [-0.05, 0) is 58.1 Å². The molecule has 0 bridgehead atoms. The predicted molar refractivity (Wildman–Crippen MR) is 139 cm³/mol. The first kappa shape index (κ1) is 22.6. The number of hydrogen-bond acceptors (Lipinski definition) is 6. The number of halogens is 1. The highest BCUT2D eigenvalue weighted by molar-refractivity contribution is 7.15. The van der Waals surface area contributed by atoms with E-state index in [1.54, 1.807) is 11.3 Å². The monoisotopic (exact) mass is 521 g/mol. The van der Waals surface area contributed by atoms with Crippen molar-refractivity contribution in [3.63, 3.8) is 0 Å². The molecule has 3 atom stereocenters. The van der Waals surface area contributed by atoms with Gasteiger partial charge in [-0.15, -0.1) is 21.5 Å². The molecule has 0 radical (unpaired) electrons. The number of benzene rings is 1. The Hall–Kier alpha value is -2.55. The summed E-state index contributed by atoms with van der Waals surface area (Å²) in [5, 5.41) is 10.8. The van der Waals surface area contributed by atoms with Crippen LogP contribution in [0.1, 0.15) is 59.9 Å². The van der Waals surface area contributed by atoms with Crippen LogP contribution in [0.2, 0.25) is 5.02 Å². The van der Waals surface area contributed by atoms with Gasteiger partial charge in [0.2, 0.25) is 5.91 Å². The van der Waals surface area contributed by atoms with E-state index in [1.807, 2.05) is 43.9 Å². The quantitative estimate of drug-likeness (QED) is 0.498. The molecule has 4 aliphatic rings. The third-order valence-electron chi connectivity index (χ3n) is 7.89. The first-order chi connectivity index (χ1) is 17.3. The number of carbonyl (C=O) groups excluding carboxylic acids is 1. The fourth-order valence-electron chi connectivity index (χ4n) is 6.14. The number of thiophene rings is 1. The lowest BCUT2D eigenvalue weighted by atomic mass is 9.97. The smallest absolute Gasteiger partial charge is 0.226 e. The number of nitrogens with zero attached hydrogens (tertiary/aromatic N) is 5. The third-order valence-corrected chi connectivity index (χ3v) is 9.46. The molecule has 0 N–H and O–H groups in total. The number of ether oxygens (including phenoxy) is 1. The van der Waals surface area contributed by atoms with Gasteiger partial charge in [0.15, 0.2) is 5.82 Å². The van der Waals surface area contributed by atoms with E-state index in [0.717, 1.165) is 52.8 Å². The average Bonchev–Trinajstić information content (AvgIpc) is 3.18. The van der Waals surface area contributed by atoms with Gasteiger partial charge < -0.3 is 9.64 Å². The second-order valence-electron chi connectivity index (χ2n) is 10.7. The van der Waals surface area contributed by atoms with Crippen molar-refractivity contribution in [2.75, 3.05) is 13.1 Å². The van der Waals surface area contributed by atoms with Gasteiger partial charge in [-0.2, -0.15) is 0 Å². The van der Waals surface area contributed by atoms with Crippen molar-refractivity contribution in [2.45, 2.75) is 64.2 Å². The van der Waals surface area contributed by atoms with Crippen molar-refractivity contribution in [1.29, 1.82) is 0 Å². The van der Waals surface area contributed by atoms with Crippen LogP contribution in [0, 0.1) is 12.8 Å². The van der Waals surface area contributed by atoms with Gasteiger partial charge in [0.05, 0.1) is 17.9 Å². The first-order valence-corrected chi connectivity index (χ1v) is 13.9. The zero-order valence-corrected chi connectivity index (χ0v) is 22.2. The van der Waals surface area contributed by atoms with Crippen LogP contribution in [0.15, 0.2) is 29.3 Å². The molecule has 1 saturated heterocycles. The molecular weight excluding hydrogens is 494 g/mol. The van der Waals surface area contributed by atoms with Crippen molar-refractivity contribution in [1.82, 2.24) is 19.7 Å². The Bertz CT molecular complexity index is 1430. The number of aliphatic imine (C=N–C) groups is 1. The number of rotatable bonds is 2. The maximum absolute atomic E-state index is 13.6. The maximum Gasteiger partial charge on any atom is 0.226 e. The van der Waals surface area contributed by atoms with Crippen LogP contribution in [0.4, 0.5) is 0 Å². The summed E-state index contributed by atoms with van der Waals surface area (Å²) in [6, 6.07) is 7.94. The average molecular weight is 522 g/mol. The Morgan fingerprint density at radius 2 is 1.89 bits per heavy atom. The standard InChI is InChI=1S/C27H28ClN5O2S/c1-14-12-32(13-15(2)35-14)24(34)17-10-19-21(11-17)36-25-22(19)23(18-6-4-5-7-20(18)28)29-27(8-9-27)26-31-30-16(3)33(25)26/h4-7,14-15,17H,8-13H2,1-3H3/t14-,15-,17-/m0/s1. The maximum atomic E-state index is 13.6. The predicted octanol–water partition coefficient (Wildman–Crippen LogP) is 4.48. The van der Waals surface area contributed by atoms with Crippen molar-refractivity contribution in [3.8, 4) is 5.00 Å². The van der Waals surface area contributed by atoms with E-state index in [1.165, 1.54) is 10.4 Å². The molecule has 2 aliphatic heterocycles. The van der Waals surface area contributed by atoms with Crippen LogP contribution in [0.5, 0.6) is 0 Å². The molecule has 9 heteroatoms. The molecule has 4 heterocycles. The highest BCUT2D eigenvalue weighted by Crippen LogP contribution is 2.54. The normalized spacial score (nSPS) is 25.7. The summed E-state index contributed by atoms with van der Waals surface area (Å²) >= 11 is 8.51. The fourth-order valence-corrected chi connectivity index (χ4v) is 7.83. The minimum Gasteiger partial charge on any atom is -0.372 e. The van der Waals surface area contributed by atoms with Crippen LogP contribution in [0.25, 0.3) is 5.00 Å². The lowest BCUT2D eigenvalue weighted by Crippen LogP contribution is -2.50. The van der Waals surface area contributed by atoms with E-state index in [4.69, 9.17) is 21.3 Å². The molecule has 1 spiro atoms. The summed E-state index contributed by atoms with van der Waals surface area (Å²) in [7, 11) is 0. The van der Waals surface area contributed by atoms with E-state index < -0.39 is 0 Å². The van der Waals surface area contributed by atoms with Gasteiger partial charge in [-0.1, -0.05) is 29.8 Å². The van der Waals surface area contributed by atoms with Gasteiger partial charge >= 0.3 is 0 Å². The summed E-state index contributed by atoms with van der Waals surface area (Å²) in [5.74, 6) is 1.98. The molecule has 1 aromatic carbocycles.